The summed E-state index contributed by atoms with van der Waals surface area (Å²) in [5, 5.41) is 11.0. The van der Waals surface area contributed by atoms with Gasteiger partial charge < -0.3 is 20.1 Å². The molecule has 1 amide bonds. The number of nitrogens with zero attached hydrogens (tertiary/aromatic N) is 2. The number of carbonyl (C=O) groups is 1. The van der Waals surface area contributed by atoms with Crippen LogP contribution in [0.25, 0.3) is 0 Å². The predicted molar refractivity (Wildman–Crippen MR) is 124 cm³/mol. The third kappa shape index (κ3) is 7.61. The van der Waals surface area contributed by atoms with Crippen LogP contribution in [-0.4, -0.2) is 39.0 Å². The average Bonchev–Trinajstić information content (AvgIpc) is 3.22. The van der Waals surface area contributed by atoms with E-state index in [1.807, 2.05) is 42.5 Å². The van der Waals surface area contributed by atoms with E-state index in [-0.39, 0.29) is 5.69 Å². The zero-order valence-corrected chi connectivity index (χ0v) is 18.7. The zero-order valence-electron chi connectivity index (χ0n) is 17.1. The van der Waals surface area contributed by atoms with E-state index in [1.54, 1.807) is 22.5 Å². The van der Waals surface area contributed by atoms with Crippen molar-refractivity contribution in [3.8, 4) is 5.75 Å². The van der Waals surface area contributed by atoms with Crippen LogP contribution in [0, 0.1) is 0 Å². The number of aliphatic hydroxyl groups excluding tert-OH is 1. The van der Waals surface area contributed by atoms with Crippen LogP contribution in [0.1, 0.15) is 28.9 Å². The number of nitrogens with two attached hydrogens (primary N) is 1. The number of halogens is 1. The molecule has 164 valence electrons. The molecular weight excluding hydrogens is 434 g/mol. The first-order chi connectivity index (χ1) is 15.0. The number of ether oxygens (including phenoxy) is 1. The maximum absolute atomic E-state index is 11.1. The highest BCUT2D eigenvalue weighted by molar-refractivity contribution is 7.99. The van der Waals surface area contributed by atoms with Gasteiger partial charge in [-0.25, -0.2) is 4.98 Å². The van der Waals surface area contributed by atoms with E-state index in [9.17, 15) is 9.90 Å². The highest BCUT2D eigenvalue weighted by Gasteiger charge is 2.10. The monoisotopic (exact) mass is 459 g/mol. The summed E-state index contributed by atoms with van der Waals surface area (Å²) < 4.78 is 7.68. The SMILES string of the molecule is NC(=O)c1cn(CC(O)CCCc2ccccc2OCCSc2ccc(Cl)cc2)cn1. The second kappa shape index (κ2) is 11.8. The minimum absolute atomic E-state index is 0.201. The van der Waals surface area contributed by atoms with Crippen molar-refractivity contribution in [1.82, 2.24) is 9.55 Å². The van der Waals surface area contributed by atoms with E-state index in [0.29, 0.717) is 19.6 Å². The molecule has 0 radical (unpaired) electrons. The maximum atomic E-state index is 11.1. The van der Waals surface area contributed by atoms with Gasteiger partial charge in [-0.3, -0.25) is 4.79 Å². The van der Waals surface area contributed by atoms with Crippen LogP contribution in [0.5, 0.6) is 5.75 Å². The number of primary amides is 1. The Labute approximate surface area is 191 Å². The van der Waals surface area contributed by atoms with Crippen molar-refractivity contribution in [2.24, 2.45) is 5.73 Å². The Hall–Kier alpha value is -2.48. The number of hydrogen-bond donors (Lipinski definition) is 2. The Kier molecular flexibility index (Phi) is 8.82. The second-order valence-corrected chi connectivity index (χ2v) is 8.73. The van der Waals surface area contributed by atoms with Gasteiger partial charge in [0.15, 0.2) is 0 Å². The first kappa shape index (κ1) is 23.2. The third-order valence-electron chi connectivity index (χ3n) is 4.69. The van der Waals surface area contributed by atoms with E-state index >= 15 is 0 Å². The first-order valence-electron chi connectivity index (χ1n) is 10.1. The van der Waals surface area contributed by atoms with E-state index in [2.05, 4.69) is 11.1 Å². The number of hydrogen-bond acceptors (Lipinski definition) is 5. The van der Waals surface area contributed by atoms with Crippen molar-refractivity contribution in [3.05, 3.63) is 77.3 Å². The summed E-state index contributed by atoms with van der Waals surface area (Å²) in [5.74, 6) is 1.15. The number of aliphatic hydroxyl groups is 1. The molecule has 1 aromatic heterocycles. The highest BCUT2D eigenvalue weighted by Crippen LogP contribution is 2.23. The summed E-state index contributed by atoms with van der Waals surface area (Å²) in [6.07, 6.45) is 4.79. The number of amides is 1. The van der Waals surface area contributed by atoms with Crippen LogP contribution >= 0.6 is 23.4 Å². The van der Waals surface area contributed by atoms with Gasteiger partial charge in [-0.1, -0.05) is 29.8 Å². The number of benzene rings is 2. The third-order valence-corrected chi connectivity index (χ3v) is 5.91. The van der Waals surface area contributed by atoms with E-state index < -0.39 is 12.0 Å². The Bertz CT molecular complexity index is 978. The Balaban J connectivity index is 1.41. The van der Waals surface area contributed by atoms with Gasteiger partial charge in [-0.2, -0.15) is 0 Å². The van der Waals surface area contributed by atoms with Gasteiger partial charge in [0.25, 0.3) is 5.91 Å². The van der Waals surface area contributed by atoms with Crippen molar-refractivity contribution in [1.29, 1.82) is 0 Å². The highest BCUT2D eigenvalue weighted by atomic mass is 35.5. The minimum atomic E-state index is -0.573. The smallest absolute Gasteiger partial charge is 0.268 e. The molecule has 0 saturated carbocycles. The lowest BCUT2D eigenvalue weighted by atomic mass is 10.0. The van der Waals surface area contributed by atoms with Gasteiger partial charge in [-0.15, -0.1) is 11.8 Å². The molecule has 0 saturated heterocycles. The molecular formula is C23H26ClN3O3S. The number of para-hydroxylation sites is 1. The molecule has 2 aromatic carbocycles. The normalized spacial score (nSPS) is 11.9. The lowest BCUT2D eigenvalue weighted by Gasteiger charge is -2.13. The molecule has 0 aliphatic heterocycles. The van der Waals surface area contributed by atoms with E-state index in [1.165, 1.54) is 6.33 Å². The van der Waals surface area contributed by atoms with Crippen molar-refractivity contribution in [3.63, 3.8) is 0 Å². The standard InChI is InChI=1S/C23H26ClN3O3S/c24-18-8-10-20(11-9-18)31-13-12-30-22-7-2-1-4-17(22)5-3-6-19(28)14-27-15-21(23(25)29)26-16-27/h1-2,4,7-11,15-16,19,28H,3,5-6,12-14H2,(H2,25,29). The molecule has 8 heteroatoms. The average molecular weight is 460 g/mol. The van der Waals surface area contributed by atoms with Gasteiger partial charge in [0, 0.05) is 28.4 Å². The summed E-state index contributed by atoms with van der Waals surface area (Å²) in [6, 6.07) is 15.8. The maximum Gasteiger partial charge on any atom is 0.268 e. The predicted octanol–water partition coefficient (Wildman–Crippen LogP) is 4.19. The molecule has 0 aliphatic carbocycles. The zero-order chi connectivity index (χ0) is 22.1. The summed E-state index contributed by atoms with van der Waals surface area (Å²) in [6.45, 7) is 0.982. The lowest BCUT2D eigenvalue weighted by molar-refractivity contribution is 0.0995. The van der Waals surface area contributed by atoms with Gasteiger partial charge in [0.1, 0.15) is 11.4 Å². The number of aryl methyl sites for hydroxylation is 1. The summed E-state index contributed by atoms with van der Waals surface area (Å²) in [5.41, 5.74) is 6.53. The van der Waals surface area contributed by atoms with Crippen LogP contribution in [0.15, 0.2) is 66.0 Å². The Morgan fingerprint density at radius 1 is 1.23 bits per heavy atom. The lowest BCUT2D eigenvalue weighted by Crippen LogP contribution is -2.15. The van der Waals surface area contributed by atoms with Gasteiger partial charge >= 0.3 is 0 Å². The number of aromatic nitrogens is 2. The van der Waals surface area contributed by atoms with Gasteiger partial charge in [0.05, 0.1) is 19.0 Å². The molecule has 3 rings (SSSR count). The molecule has 1 atom stereocenters. The van der Waals surface area contributed by atoms with Crippen LogP contribution in [0.3, 0.4) is 0 Å². The minimum Gasteiger partial charge on any atom is -0.492 e. The number of carbonyl (C=O) groups excluding carboxylic acids is 1. The molecule has 0 bridgehead atoms. The number of imidazole rings is 1. The van der Waals surface area contributed by atoms with E-state index in [0.717, 1.165) is 39.8 Å². The van der Waals surface area contributed by atoms with Crippen LogP contribution in [-0.2, 0) is 13.0 Å². The van der Waals surface area contributed by atoms with Crippen molar-refractivity contribution < 1.29 is 14.6 Å². The molecule has 3 N–H and O–H groups in total. The number of thioether (sulfide) groups is 1. The fourth-order valence-electron chi connectivity index (χ4n) is 3.14. The number of rotatable bonds is 12. The Morgan fingerprint density at radius 2 is 2.00 bits per heavy atom. The summed E-state index contributed by atoms with van der Waals surface area (Å²) >= 11 is 7.64. The van der Waals surface area contributed by atoms with Crippen LogP contribution in [0.4, 0.5) is 0 Å². The quantitative estimate of drug-likeness (QED) is 0.313. The van der Waals surface area contributed by atoms with Crippen LogP contribution < -0.4 is 10.5 Å². The molecule has 0 spiro atoms. The molecule has 6 nitrogen and oxygen atoms in total. The second-order valence-electron chi connectivity index (χ2n) is 7.12. The van der Waals surface area contributed by atoms with Gasteiger partial charge in [-0.05, 0) is 55.2 Å². The van der Waals surface area contributed by atoms with Crippen molar-refractivity contribution in [2.45, 2.75) is 36.8 Å². The van der Waals surface area contributed by atoms with Crippen molar-refractivity contribution in [2.75, 3.05) is 12.4 Å². The molecule has 0 fully saturated rings. The first-order valence-corrected chi connectivity index (χ1v) is 11.5. The summed E-state index contributed by atoms with van der Waals surface area (Å²) in [4.78, 5) is 16.2. The molecule has 1 unspecified atom stereocenters. The van der Waals surface area contributed by atoms with Crippen molar-refractivity contribution >= 4 is 29.3 Å². The molecule has 0 aliphatic rings. The largest absolute Gasteiger partial charge is 0.492 e. The molecule has 3 aromatic rings. The fourth-order valence-corrected chi connectivity index (χ4v) is 4.00. The Morgan fingerprint density at radius 3 is 2.74 bits per heavy atom. The molecule has 1 heterocycles. The molecule has 31 heavy (non-hydrogen) atoms. The summed E-state index contributed by atoms with van der Waals surface area (Å²) in [7, 11) is 0. The fraction of sp³-hybridized carbons (Fsp3) is 0.304. The van der Waals surface area contributed by atoms with Gasteiger partial charge in [0.2, 0.25) is 0 Å². The topological polar surface area (TPSA) is 90.4 Å². The van der Waals surface area contributed by atoms with Crippen LogP contribution in [0.2, 0.25) is 5.02 Å². The van der Waals surface area contributed by atoms with E-state index in [4.69, 9.17) is 22.1 Å².